The van der Waals surface area contributed by atoms with E-state index in [9.17, 15) is 9.59 Å². The average molecular weight is 350 g/mol. The molecule has 0 spiro atoms. The van der Waals surface area contributed by atoms with Crippen molar-refractivity contribution in [1.29, 1.82) is 0 Å². The fourth-order valence-corrected chi connectivity index (χ4v) is 3.74. The molecule has 136 valence electrons. The molecular weight excluding hydrogens is 324 g/mol. The molecule has 26 heavy (non-hydrogen) atoms. The first kappa shape index (κ1) is 18.2. The Balaban J connectivity index is 1.72. The van der Waals surface area contributed by atoms with Crippen LogP contribution < -0.4 is 10.6 Å². The minimum absolute atomic E-state index is 0.0936. The Labute approximate surface area is 154 Å². The quantitative estimate of drug-likeness (QED) is 0.784. The summed E-state index contributed by atoms with van der Waals surface area (Å²) in [6.45, 7) is 4.06. The summed E-state index contributed by atoms with van der Waals surface area (Å²) >= 11 is 0. The highest BCUT2D eigenvalue weighted by molar-refractivity contribution is 5.92. The van der Waals surface area contributed by atoms with E-state index in [-0.39, 0.29) is 18.2 Å². The molecule has 1 fully saturated rings. The van der Waals surface area contributed by atoms with Crippen molar-refractivity contribution < 1.29 is 9.59 Å². The van der Waals surface area contributed by atoms with Gasteiger partial charge in [0, 0.05) is 6.54 Å². The number of nitrogens with one attached hydrogen (secondary N) is 2. The molecule has 3 rings (SSSR count). The van der Waals surface area contributed by atoms with E-state index in [0.717, 1.165) is 35.6 Å². The van der Waals surface area contributed by atoms with E-state index >= 15 is 0 Å². The van der Waals surface area contributed by atoms with E-state index < -0.39 is 5.54 Å². The molecule has 1 aliphatic carbocycles. The van der Waals surface area contributed by atoms with Crippen molar-refractivity contribution in [2.75, 3.05) is 6.54 Å². The molecule has 0 unspecified atom stereocenters. The molecule has 0 saturated heterocycles. The van der Waals surface area contributed by atoms with Crippen molar-refractivity contribution in [1.82, 2.24) is 10.6 Å². The van der Waals surface area contributed by atoms with Gasteiger partial charge in [0.1, 0.15) is 5.54 Å². The summed E-state index contributed by atoms with van der Waals surface area (Å²) < 4.78 is 0. The van der Waals surface area contributed by atoms with Crippen molar-refractivity contribution in [3.63, 3.8) is 0 Å². The van der Waals surface area contributed by atoms with Crippen molar-refractivity contribution in [2.24, 2.45) is 0 Å². The van der Waals surface area contributed by atoms with Gasteiger partial charge in [-0.1, -0.05) is 67.8 Å². The largest absolute Gasteiger partial charge is 0.351 e. The summed E-state index contributed by atoms with van der Waals surface area (Å²) in [5.74, 6) is -0.195. The first-order valence-electron chi connectivity index (χ1n) is 9.31. The number of benzene rings is 2. The molecule has 0 atom stereocenters. The summed E-state index contributed by atoms with van der Waals surface area (Å²) in [5.41, 5.74) is 0.175. The van der Waals surface area contributed by atoms with Crippen LogP contribution in [0.2, 0.25) is 0 Å². The summed E-state index contributed by atoms with van der Waals surface area (Å²) in [4.78, 5) is 25.4. The zero-order valence-corrected chi connectivity index (χ0v) is 15.1. The summed E-state index contributed by atoms with van der Waals surface area (Å²) in [6, 6.07) is 14.2. The molecule has 1 saturated carbocycles. The Bertz CT molecular complexity index is 807. The predicted octanol–water partition coefficient (Wildman–Crippen LogP) is 3.50. The SMILES string of the molecule is C=CCNC(=O)C1(NC(=O)Cc2ccc3ccccc3c2)CCCCC1. The first-order chi connectivity index (χ1) is 12.6. The summed E-state index contributed by atoms with van der Waals surface area (Å²) in [6.07, 6.45) is 6.35. The standard InChI is InChI=1S/C22H26N2O2/c1-2-14-23-21(26)22(12-6-3-7-13-22)24-20(25)16-17-10-11-18-8-4-5-9-19(18)15-17/h2,4-5,8-11,15H,1,3,6-7,12-14,16H2,(H,23,26)(H,24,25). The smallest absolute Gasteiger partial charge is 0.246 e. The molecule has 2 N–H and O–H groups in total. The number of hydrogen-bond donors (Lipinski definition) is 2. The maximum absolute atomic E-state index is 12.7. The van der Waals surface area contributed by atoms with E-state index in [2.05, 4.69) is 23.3 Å². The van der Waals surface area contributed by atoms with Crippen LogP contribution in [0.5, 0.6) is 0 Å². The van der Waals surface area contributed by atoms with Crippen molar-refractivity contribution in [2.45, 2.75) is 44.1 Å². The molecule has 0 bridgehead atoms. The van der Waals surface area contributed by atoms with E-state index in [1.54, 1.807) is 6.08 Å². The monoisotopic (exact) mass is 350 g/mol. The molecule has 4 heteroatoms. The molecule has 4 nitrogen and oxygen atoms in total. The van der Waals surface area contributed by atoms with Crippen molar-refractivity contribution in [3.8, 4) is 0 Å². The fourth-order valence-electron chi connectivity index (χ4n) is 3.74. The Morgan fingerprint density at radius 3 is 2.50 bits per heavy atom. The highest BCUT2D eigenvalue weighted by Crippen LogP contribution is 2.29. The van der Waals surface area contributed by atoms with Gasteiger partial charge in [0.15, 0.2) is 0 Å². The third-order valence-corrected chi connectivity index (χ3v) is 5.11. The molecule has 1 aliphatic rings. The van der Waals surface area contributed by atoms with Crippen molar-refractivity contribution in [3.05, 3.63) is 60.7 Å². The van der Waals surface area contributed by atoms with Crippen molar-refractivity contribution >= 4 is 22.6 Å². The van der Waals surface area contributed by atoms with E-state index in [4.69, 9.17) is 0 Å². The molecular formula is C22H26N2O2. The van der Waals surface area contributed by atoms with Gasteiger partial charge in [0.05, 0.1) is 6.42 Å². The highest BCUT2D eigenvalue weighted by atomic mass is 16.2. The van der Waals surface area contributed by atoms with Gasteiger partial charge in [0.2, 0.25) is 11.8 Å². The molecule has 0 radical (unpaired) electrons. The van der Waals surface area contributed by atoms with Crippen LogP contribution in [-0.2, 0) is 16.0 Å². The first-order valence-corrected chi connectivity index (χ1v) is 9.31. The van der Waals surface area contributed by atoms with Gasteiger partial charge in [-0.3, -0.25) is 9.59 Å². The number of fused-ring (bicyclic) bond motifs is 1. The van der Waals surface area contributed by atoms with Gasteiger partial charge in [0.25, 0.3) is 0 Å². The lowest BCUT2D eigenvalue weighted by molar-refractivity contribution is -0.134. The number of amides is 2. The lowest BCUT2D eigenvalue weighted by Crippen LogP contribution is -2.60. The second-order valence-electron chi connectivity index (χ2n) is 7.05. The Kier molecular flexibility index (Phi) is 5.71. The number of hydrogen-bond acceptors (Lipinski definition) is 2. The van der Waals surface area contributed by atoms with Gasteiger partial charge in [-0.05, 0) is 29.2 Å². The Hall–Kier alpha value is -2.62. The van der Waals surface area contributed by atoms with Crippen LogP contribution in [0, 0.1) is 0 Å². The fraction of sp³-hybridized carbons (Fsp3) is 0.364. The van der Waals surface area contributed by atoms with Crippen LogP contribution in [-0.4, -0.2) is 23.9 Å². The summed E-state index contributed by atoms with van der Waals surface area (Å²) in [7, 11) is 0. The molecule has 2 amide bonds. The van der Waals surface area contributed by atoms with E-state index in [1.807, 2.05) is 36.4 Å². The topological polar surface area (TPSA) is 58.2 Å². The third-order valence-electron chi connectivity index (χ3n) is 5.11. The average Bonchev–Trinajstić information content (AvgIpc) is 2.66. The zero-order valence-electron chi connectivity index (χ0n) is 15.1. The molecule has 2 aromatic rings. The second kappa shape index (κ2) is 8.17. The van der Waals surface area contributed by atoms with Gasteiger partial charge in [-0.2, -0.15) is 0 Å². The van der Waals surface area contributed by atoms with Gasteiger partial charge in [-0.25, -0.2) is 0 Å². The van der Waals surface area contributed by atoms with Gasteiger partial charge >= 0.3 is 0 Å². The minimum atomic E-state index is -0.783. The molecule has 0 aliphatic heterocycles. The van der Waals surface area contributed by atoms with Crippen LogP contribution in [0.3, 0.4) is 0 Å². The van der Waals surface area contributed by atoms with Crippen LogP contribution >= 0.6 is 0 Å². The lowest BCUT2D eigenvalue weighted by Gasteiger charge is -2.36. The van der Waals surface area contributed by atoms with E-state index in [1.165, 1.54) is 0 Å². The highest BCUT2D eigenvalue weighted by Gasteiger charge is 2.40. The van der Waals surface area contributed by atoms with Gasteiger partial charge < -0.3 is 10.6 Å². The minimum Gasteiger partial charge on any atom is -0.351 e. The van der Waals surface area contributed by atoms with Crippen LogP contribution in [0.15, 0.2) is 55.1 Å². The maximum Gasteiger partial charge on any atom is 0.246 e. The Morgan fingerprint density at radius 2 is 1.77 bits per heavy atom. The normalized spacial score (nSPS) is 16.0. The van der Waals surface area contributed by atoms with E-state index in [0.29, 0.717) is 19.4 Å². The van der Waals surface area contributed by atoms with Crippen LogP contribution in [0.25, 0.3) is 10.8 Å². The van der Waals surface area contributed by atoms with Gasteiger partial charge in [-0.15, -0.1) is 6.58 Å². The summed E-state index contributed by atoms with van der Waals surface area (Å²) in [5, 5.41) is 8.19. The van der Waals surface area contributed by atoms with Crippen LogP contribution in [0.4, 0.5) is 0 Å². The van der Waals surface area contributed by atoms with Crippen LogP contribution in [0.1, 0.15) is 37.7 Å². The number of rotatable bonds is 6. The predicted molar refractivity (Wildman–Crippen MR) is 105 cm³/mol. The third kappa shape index (κ3) is 4.13. The number of carbonyl (C=O) groups excluding carboxylic acids is 2. The lowest BCUT2D eigenvalue weighted by atomic mass is 9.80. The molecule has 0 heterocycles. The Morgan fingerprint density at radius 1 is 1.04 bits per heavy atom. The zero-order chi connectivity index (χ0) is 18.4. The molecule has 0 aromatic heterocycles. The number of carbonyl (C=O) groups is 2. The maximum atomic E-state index is 12.7. The molecule has 2 aromatic carbocycles. The second-order valence-corrected chi connectivity index (χ2v) is 7.05.